The number of sulfonamides is 1. The number of nitrogens with zero attached hydrogens (tertiary/aromatic N) is 2. The van der Waals surface area contributed by atoms with Crippen LogP contribution >= 0.6 is 15.9 Å². The van der Waals surface area contributed by atoms with Crippen molar-refractivity contribution < 1.29 is 18.0 Å². The van der Waals surface area contributed by atoms with Crippen LogP contribution in [0.4, 0.5) is 0 Å². The van der Waals surface area contributed by atoms with Crippen molar-refractivity contribution in [3.63, 3.8) is 0 Å². The summed E-state index contributed by atoms with van der Waals surface area (Å²) in [6, 6.07) is 15.2. The van der Waals surface area contributed by atoms with Crippen LogP contribution in [0.1, 0.15) is 38.7 Å². The maximum atomic E-state index is 13.1. The second kappa shape index (κ2) is 12.9. The van der Waals surface area contributed by atoms with Crippen LogP contribution in [0.25, 0.3) is 0 Å². The third-order valence-corrected chi connectivity index (χ3v) is 7.64. The van der Waals surface area contributed by atoms with Crippen molar-refractivity contribution in [2.24, 2.45) is 0 Å². The Balaban J connectivity index is 2.06. The molecule has 2 aromatic rings. The fourth-order valence-corrected chi connectivity index (χ4v) is 4.98. The maximum absolute atomic E-state index is 13.1. The number of amides is 2. The standard InChI is InChI=1S/C24H32BrN3O4S/c1-4-15-26-24(30)19(2)28(18-20-10-8-11-21(25)17-20)23(29)14-9-16-27(3)33(31,32)22-12-6-5-7-13-22/h5-8,10-13,17,19H,4,9,14-16,18H2,1-3H3,(H,26,30)/t19-/m0/s1. The molecule has 0 fully saturated rings. The van der Waals surface area contributed by atoms with Gasteiger partial charge < -0.3 is 10.2 Å². The predicted molar refractivity (Wildman–Crippen MR) is 133 cm³/mol. The molecule has 0 saturated heterocycles. The summed E-state index contributed by atoms with van der Waals surface area (Å²) in [6.07, 6.45) is 1.29. The van der Waals surface area contributed by atoms with Crippen LogP contribution in [0.2, 0.25) is 0 Å². The molecule has 180 valence electrons. The molecule has 2 amide bonds. The molecule has 0 radical (unpaired) electrons. The van der Waals surface area contributed by atoms with Crippen LogP contribution in [0.3, 0.4) is 0 Å². The quantitative estimate of drug-likeness (QED) is 0.446. The number of nitrogens with one attached hydrogen (secondary N) is 1. The zero-order valence-corrected chi connectivity index (χ0v) is 21.7. The summed E-state index contributed by atoms with van der Waals surface area (Å²) in [7, 11) is -2.10. The molecule has 9 heteroatoms. The molecule has 33 heavy (non-hydrogen) atoms. The summed E-state index contributed by atoms with van der Waals surface area (Å²) >= 11 is 3.44. The third kappa shape index (κ3) is 7.94. The molecule has 2 aromatic carbocycles. The first-order chi connectivity index (χ1) is 15.7. The van der Waals surface area contributed by atoms with Gasteiger partial charge in [0.15, 0.2) is 0 Å². The monoisotopic (exact) mass is 537 g/mol. The lowest BCUT2D eigenvalue weighted by Crippen LogP contribution is -2.47. The molecule has 0 aromatic heterocycles. The highest BCUT2D eigenvalue weighted by atomic mass is 79.9. The van der Waals surface area contributed by atoms with Gasteiger partial charge in [0.05, 0.1) is 4.90 Å². The van der Waals surface area contributed by atoms with Crippen LogP contribution in [0.15, 0.2) is 64.0 Å². The Morgan fingerprint density at radius 2 is 1.79 bits per heavy atom. The number of carbonyl (C=O) groups is 2. The second-order valence-corrected chi connectivity index (χ2v) is 10.8. The van der Waals surface area contributed by atoms with Crippen molar-refractivity contribution in [2.75, 3.05) is 20.1 Å². The molecule has 1 atom stereocenters. The Morgan fingerprint density at radius 3 is 2.42 bits per heavy atom. The summed E-state index contributed by atoms with van der Waals surface area (Å²) in [5.74, 6) is -0.399. The van der Waals surface area contributed by atoms with E-state index in [9.17, 15) is 18.0 Å². The van der Waals surface area contributed by atoms with Crippen molar-refractivity contribution in [3.8, 4) is 0 Å². The Morgan fingerprint density at radius 1 is 1.09 bits per heavy atom. The molecule has 0 unspecified atom stereocenters. The second-order valence-electron chi connectivity index (χ2n) is 7.86. The van der Waals surface area contributed by atoms with E-state index >= 15 is 0 Å². The van der Waals surface area contributed by atoms with Crippen molar-refractivity contribution in [1.82, 2.24) is 14.5 Å². The van der Waals surface area contributed by atoms with Crippen molar-refractivity contribution in [2.45, 2.75) is 50.6 Å². The summed E-state index contributed by atoms with van der Waals surface area (Å²) in [5, 5.41) is 2.85. The average molecular weight is 539 g/mol. The number of hydrogen-bond acceptors (Lipinski definition) is 4. The summed E-state index contributed by atoms with van der Waals surface area (Å²) in [4.78, 5) is 27.5. The lowest BCUT2D eigenvalue weighted by Gasteiger charge is -2.29. The molecule has 0 aliphatic rings. The zero-order valence-electron chi connectivity index (χ0n) is 19.3. The van der Waals surface area contributed by atoms with Crippen molar-refractivity contribution in [3.05, 3.63) is 64.6 Å². The van der Waals surface area contributed by atoms with E-state index in [0.29, 0.717) is 13.0 Å². The molecule has 1 N–H and O–H groups in total. The predicted octanol–water partition coefficient (Wildman–Crippen LogP) is 3.79. The minimum atomic E-state index is -3.61. The Bertz CT molecular complexity index is 1030. The first kappa shape index (κ1) is 27.0. The van der Waals surface area contributed by atoms with E-state index < -0.39 is 16.1 Å². The Hall–Kier alpha value is -2.23. The number of carbonyl (C=O) groups excluding carboxylic acids is 2. The van der Waals surface area contributed by atoms with Crippen LogP contribution in [0, 0.1) is 0 Å². The SMILES string of the molecule is CCCNC(=O)[C@H](C)N(Cc1cccc(Br)c1)C(=O)CCCN(C)S(=O)(=O)c1ccccc1. The molecule has 0 bridgehead atoms. The van der Waals surface area contributed by atoms with Gasteiger partial charge in [0.25, 0.3) is 0 Å². The van der Waals surface area contributed by atoms with Gasteiger partial charge in [0.1, 0.15) is 6.04 Å². The van der Waals surface area contributed by atoms with Crippen LogP contribution in [-0.4, -0.2) is 55.6 Å². The van der Waals surface area contributed by atoms with E-state index in [1.807, 2.05) is 31.2 Å². The molecular weight excluding hydrogens is 506 g/mol. The maximum Gasteiger partial charge on any atom is 0.242 e. The van der Waals surface area contributed by atoms with E-state index in [2.05, 4.69) is 21.2 Å². The van der Waals surface area contributed by atoms with Gasteiger partial charge in [-0.25, -0.2) is 12.7 Å². The van der Waals surface area contributed by atoms with E-state index in [1.165, 1.54) is 11.4 Å². The first-order valence-electron chi connectivity index (χ1n) is 11.0. The average Bonchev–Trinajstić information content (AvgIpc) is 2.80. The highest BCUT2D eigenvalue weighted by Gasteiger charge is 2.26. The number of rotatable bonds is 12. The molecule has 0 spiro atoms. The van der Waals surface area contributed by atoms with Crippen molar-refractivity contribution in [1.29, 1.82) is 0 Å². The van der Waals surface area contributed by atoms with Gasteiger partial charge in [-0.1, -0.05) is 53.2 Å². The molecule has 0 aliphatic heterocycles. The van der Waals surface area contributed by atoms with E-state index in [4.69, 9.17) is 0 Å². The summed E-state index contributed by atoms with van der Waals surface area (Å²) in [5.41, 5.74) is 0.900. The van der Waals surface area contributed by atoms with Gasteiger partial charge in [-0.3, -0.25) is 9.59 Å². The topological polar surface area (TPSA) is 86.8 Å². The van der Waals surface area contributed by atoms with Crippen molar-refractivity contribution >= 4 is 37.8 Å². The number of benzene rings is 2. The Kier molecular flexibility index (Phi) is 10.5. The van der Waals surface area contributed by atoms with Crippen LogP contribution in [0.5, 0.6) is 0 Å². The van der Waals surface area contributed by atoms with Gasteiger partial charge in [-0.2, -0.15) is 0 Å². The number of hydrogen-bond donors (Lipinski definition) is 1. The summed E-state index contributed by atoms with van der Waals surface area (Å²) in [6.45, 7) is 4.72. The first-order valence-corrected chi connectivity index (χ1v) is 13.2. The fraction of sp³-hybridized carbons (Fsp3) is 0.417. The van der Waals surface area contributed by atoms with Gasteiger partial charge >= 0.3 is 0 Å². The third-order valence-electron chi connectivity index (χ3n) is 5.27. The highest BCUT2D eigenvalue weighted by Crippen LogP contribution is 2.18. The van der Waals surface area contributed by atoms with Gasteiger partial charge in [-0.15, -0.1) is 0 Å². The highest BCUT2D eigenvalue weighted by molar-refractivity contribution is 9.10. The molecular formula is C24H32BrN3O4S. The minimum absolute atomic E-state index is 0.133. The summed E-state index contributed by atoms with van der Waals surface area (Å²) < 4.78 is 27.5. The van der Waals surface area contributed by atoms with E-state index in [1.54, 1.807) is 42.2 Å². The lowest BCUT2D eigenvalue weighted by molar-refractivity contribution is -0.140. The van der Waals surface area contributed by atoms with Crippen LogP contribution in [-0.2, 0) is 26.2 Å². The van der Waals surface area contributed by atoms with Gasteiger partial charge in [0, 0.05) is 37.6 Å². The minimum Gasteiger partial charge on any atom is -0.354 e. The molecule has 7 nitrogen and oxygen atoms in total. The molecule has 2 rings (SSSR count). The largest absolute Gasteiger partial charge is 0.354 e. The van der Waals surface area contributed by atoms with E-state index in [0.717, 1.165) is 16.5 Å². The van der Waals surface area contributed by atoms with Crippen LogP contribution < -0.4 is 5.32 Å². The smallest absolute Gasteiger partial charge is 0.242 e. The van der Waals surface area contributed by atoms with Gasteiger partial charge in [-0.05, 0) is 49.6 Å². The number of halogens is 1. The Labute approximate surface area is 205 Å². The zero-order chi connectivity index (χ0) is 24.4. The molecule has 0 saturated carbocycles. The van der Waals surface area contributed by atoms with Gasteiger partial charge in [0.2, 0.25) is 21.8 Å². The normalized spacial score (nSPS) is 12.4. The lowest BCUT2D eigenvalue weighted by atomic mass is 10.1. The molecule has 0 heterocycles. The molecule has 0 aliphatic carbocycles. The fourth-order valence-electron chi connectivity index (χ4n) is 3.30. The van der Waals surface area contributed by atoms with E-state index in [-0.39, 0.29) is 36.2 Å².